The second-order valence-electron chi connectivity index (χ2n) is 18.4. The summed E-state index contributed by atoms with van der Waals surface area (Å²) in [6.07, 6.45) is -3.78. The van der Waals surface area contributed by atoms with Gasteiger partial charge < -0.3 is 55.4 Å². The standard InChI is InChI=1S/C47H58N7O16P3/c1-7-53-22-11-14-28-23-34-36(25-37(28)53)47(2,3)35-24-30(51(4)5)18-19-33(35)40(34)31-15-8-9-16-32(31)44(58)52(6)21-12-17-39(55)49-20-10-13-29-26-54(46(59)50-43(29)48)45-42(57)41(56)38(68-45)27-67-72(63,64)70-73(65,66)69-71(60,61)62/h8-9,15-16,18-19,23-26,38,41-42,45,56-57H,7,11-12,14,17,20-22,27H2,1-6H3,(H6-,48,49,50,55,59,60,61,62,63,64,65,66)/t38-,41-,42-,45-/m1/s1. The molecule has 1 saturated heterocycles. The van der Waals surface area contributed by atoms with Gasteiger partial charge in [-0.25, -0.2) is 22.8 Å². The predicted octanol–water partition coefficient (Wildman–Crippen LogP) is 0.586. The molecule has 3 aromatic carbocycles. The average molecular weight is 1070 g/mol. The number of phosphoric acid groups is 3. The number of benzene rings is 3. The van der Waals surface area contributed by atoms with Crippen LogP contribution in [-0.2, 0) is 48.2 Å². The van der Waals surface area contributed by atoms with Crippen LogP contribution in [0.2, 0.25) is 0 Å². The Bertz CT molecular complexity index is 3240. The van der Waals surface area contributed by atoms with Crippen molar-refractivity contribution in [3.63, 3.8) is 0 Å². The van der Waals surface area contributed by atoms with E-state index in [4.69, 9.17) is 15.4 Å². The number of hydrogen-bond donors (Lipinski definition) is 7. The highest BCUT2D eigenvalue weighted by Gasteiger charge is 2.47. The molecule has 7 atom stereocenters. The third-order valence-electron chi connectivity index (χ3n) is 12.9. The number of hydrogen-bond acceptors (Lipinski definition) is 16. The molecule has 7 rings (SSSR count). The molecule has 1 aromatic heterocycles. The van der Waals surface area contributed by atoms with Crippen molar-refractivity contribution in [3.8, 4) is 11.8 Å². The lowest BCUT2D eigenvalue weighted by Crippen LogP contribution is -2.43. The van der Waals surface area contributed by atoms with Gasteiger partial charge >= 0.3 is 21.3 Å². The summed E-state index contributed by atoms with van der Waals surface area (Å²) in [5.41, 5.74) is 12.6. The van der Waals surface area contributed by atoms with Crippen molar-refractivity contribution >= 4 is 52.4 Å². The summed E-state index contributed by atoms with van der Waals surface area (Å²) in [5.74, 6) is 4.46. The summed E-state index contributed by atoms with van der Waals surface area (Å²) in [5, 5.41) is 26.2. The van der Waals surface area contributed by atoms with Gasteiger partial charge in [0.1, 0.15) is 37.2 Å². The van der Waals surface area contributed by atoms with Crippen molar-refractivity contribution < 1.29 is 71.0 Å². The molecule has 0 bridgehead atoms. The second-order valence-corrected chi connectivity index (χ2v) is 22.8. The molecule has 4 aromatic rings. The van der Waals surface area contributed by atoms with Crippen molar-refractivity contribution in [1.82, 2.24) is 24.3 Å². The molecule has 3 aliphatic rings. The molecule has 73 heavy (non-hydrogen) atoms. The van der Waals surface area contributed by atoms with Crippen LogP contribution >= 0.6 is 23.5 Å². The number of fused-ring (bicyclic) bond motifs is 3. The molecule has 8 N–H and O–H groups in total. The predicted molar refractivity (Wildman–Crippen MR) is 264 cm³/mol. The molecule has 3 heterocycles. The van der Waals surface area contributed by atoms with Crippen LogP contribution in [0.25, 0.3) is 5.57 Å². The van der Waals surface area contributed by atoms with Crippen molar-refractivity contribution in [1.29, 1.82) is 0 Å². The molecule has 23 nitrogen and oxygen atoms in total. The number of carbonyl (C=O) groups excluding carboxylic acids is 2. The maximum Gasteiger partial charge on any atom is 0.487 e. The fourth-order valence-electron chi connectivity index (χ4n) is 9.25. The number of nitrogens with one attached hydrogen (secondary N) is 1. The minimum absolute atomic E-state index is 0.0523. The van der Waals surface area contributed by atoms with E-state index >= 15 is 0 Å². The van der Waals surface area contributed by atoms with E-state index < -0.39 is 60.3 Å². The fraction of sp³-hybridized carbons (Fsp3) is 0.426. The van der Waals surface area contributed by atoms with Crippen LogP contribution in [-0.4, -0.2) is 123 Å². The molecule has 0 radical (unpaired) electrons. The fourth-order valence-corrected chi connectivity index (χ4v) is 12.3. The highest BCUT2D eigenvalue weighted by Crippen LogP contribution is 2.65. The Morgan fingerprint density at radius 3 is 2.44 bits per heavy atom. The third kappa shape index (κ3) is 12.4. The quantitative estimate of drug-likeness (QED) is 0.0432. The highest BCUT2D eigenvalue weighted by atomic mass is 31.3. The normalized spacial score (nSPS) is 21.3. The zero-order valence-corrected chi connectivity index (χ0v) is 43.5. The lowest BCUT2D eigenvalue weighted by molar-refractivity contribution is -0.212. The molecule has 1 fully saturated rings. The SMILES string of the molecule is CC[N+]1=c2cc3c(cc2CCC1)=C(c1ccccc1C(=O)N(C)CCCC(=O)NCC#Cc1cn([C@@H]2O[C@H](COP(=O)(O)OP(=O)(O)OP(=O)([O-])O)[C@@H](O)[C@H]2O)c(=O)nc1N)c1ccc(N(C)C)cc1C3(C)C. The maximum absolute atomic E-state index is 14.4. The topological polar surface area (TPSA) is 329 Å². The molecule has 2 aliphatic heterocycles. The molecular formula is C47H58N7O16P3. The van der Waals surface area contributed by atoms with Gasteiger partial charge in [-0.15, -0.1) is 0 Å². The van der Waals surface area contributed by atoms with Crippen LogP contribution in [0.3, 0.4) is 0 Å². The van der Waals surface area contributed by atoms with E-state index in [-0.39, 0.29) is 48.1 Å². The van der Waals surface area contributed by atoms with Crippen LogP contribution in [0.5, 0.6) is 0 Å². The van der Waals surface area contributed by atoms with Crippen molar-refractivity contribution in [2.75, 3.05) is 64.6 Å². The van der Waals surface area contributed by atoms with Crippen molar-refractivity contribution in [2.24, 2.45) is 0 Å². The van der Waals surface area contributed by atoms with Gasteiger partial charge in [0.25, 0.3) is 13.7 Å². The highest BCUT2D eigenvalue weighted by molar-refractivity contribution is 7.66. The number of nitrogen functional groups attached to an aromatic ring is 1. The van der Waals surface area contributed by atoms with Gasteiger partial charge in [0, 0.05) is 75.0 Å². The maximum atomic E-state index is 14.4. The summed E-state index contributed by atoms with van der Waals surface area (Å²) in [4.78, 5) is 85.9. The van der Waals surface area contributed by atoms with E-state index in [1.165, 1.54) is 22.0 Å². The van der Waals surface area contributed by atoms with Gasteiger partial charge in [0.05, 0.1) is 18.7 Å². The monoisotopic (exact) mass is 1070 g/mol. The Morgan fingerprint density at radius 1 is 1.01 bits per heavy atom. The van der Waals surface area contributed by atoms with Crippen LogP contribution in [0.4, 0.5) is 11.5 Å². The number of carbonyl (C=O) groups is 2. The van der Waals surface area contributed by atoms with Crippen molar-refractivity contribution in [2.45, 2.75) is 76.4 Å². The number of rotatable bonds is 17. The summed E-state index contributed by atoms with van der Waals surface area (Å²) < 4.78 is 54.7. The Labute approximate surface area is 420 Å². The van der Waals surface area contributed by atoms with E-state index in [0.717, 1.165) is 59.7 Å². The zero-order chi connectivity index (χ0) is 53.4. The number of aryl methyl sites for hydroxylation is 1. The molecule has 26 heteroatoms. The minimum Gasteiger partial charge on any atom is -0.756 e. The molecule has 392 valence electrons. The van der Waals surface area contributed by atoms with E-state index in [1.54, 1.807) is 11.9 Å². The Hall–Kier alpha value is -5.40. The molecule has 3 unspecified atom stereocenters. The van der Waals surface area contributed by atoms with Gasteiger partial charge in [-0.1, -0.05) is 50.0 Å². The first-order valence-corrected chi connectivity index (χ1v) is 27.6. The number of phosphoric ester groups is 1. The van der Waals surface area contributed by atoms with Gasteiger partial charge in [0.15, 0.2) is 6.23 Å². The number of anilines is 2. The van der Waals surface area contributed by atoms with Gasteiger partial charge in [-0.05, 0) is 77.1 Å². The number of aromatic nitrogens is 2. The van der Waals surface area contributed by atoms with Gasteiger partial charge in [-0.2, -0.15) is 9.29 Å². The zero-order valence-electron chi connectivity index (χ0n) is 40.8. The van der Waals surface area contributed by atoms with Crippen LogP contribution in [0, 0.1) is 11.8 Å². The third-order valence-corrected chi connectivity index (χ3v) is 16.7. The Kier molecular flexibility index (Phi) is 16.5. The van der Waals surface area contributed by atoms with E-state index in [9.17, 15) is 53.0 Å². The average Bonchev–Trinajstić information content (AvgIpc) is 3.59. The molecule has 1 aliphatic carbocycles. The lowest BCUT2D eigenvalue weighted by atomic mass is 9.68. The molecule has 0 saturated carbocycles. The Balaban J connectivity index is 1.00. The number of aliphatic hydroxyl groups is 2. The number of nitrogens with two attached hydrogens (primary N) is 1. The number of amides is 2. The van der Waals surface area contributed by atoms with E-state index in [2.05, 4.69) is 95.9 Å². The minimum atomic E-state index is -5.91. The lowest BCUT2D eigenvalue weighted by Gasteiger charge is -2.36. The summed E-state index contributed by atoms with van der Waals surface area (Å²) in [6, 6.07) is 18.9. The molecular weight excluding hydrogens is 1010 g/mol. The smallest absolute Gasteiger partial charge is 0.487 e. The summed E-state index contributed by atoms with van der Waals surface area (Å²) in [7, 11) is -11.7. The van der Waals surface area contributed by atoms with Crippen LogP contribution in [0.15, 0.2) is 65.6 Å². The molecule has 0 spiro atoms. The first kappa shape index (κ1) is 55.4. The number of aliphatic hydroxyl groups excluding tert-OH is 2. The van der Waals surface area contributed by atoms with Crippen molar-refractivity contribution in [3.05, 3.63) is 121 Å². The van der Waals surface area contributed by atoms with Gasteiger partial charge in [-0.3, -0.25) is 23.2 Å². The largest absolute Gasteiger partial charge is 0.756 e. The van der Waals surface area contributed by atoms with E-state index in [1.807, 2.05) is 38.4 Å². The second kappa shape index (κ2) is 21.8. The van der Waals surface area contributed by atoms with E-state index in [0.29, 0.717) is 16.6 Å². The summed E-state index contributed by atoms with van der Waals surface area (Å²) in [6.45, 7) is 7.59. The van der Waals surface area contributed by atoms with Crippen LogP contribution < -0.4 is 41.7 Å². The first-order chi connectivity index (χ1) is 34.2. The molecule has 2 amide bonds. The number of ether oxygens (including phenoxy) is 1. The Morgan fingerprint density at radius 2 is 1.74 bits per heavy atom. The first-order valence-electron chi connectivity index (χ1n) is 23.1. The van der Waals surface area contributed by atoms with Crippen LogP contribution in [0.1, 0.15) is 90.0 Å². The summed E-state index contributed by atoms with van der Waals surface area (Å²) >= 11 is 0. The van der Waals surface area contributed by atoms with Gasteiger partial charge in [0.2, 0.25) is 11.3 Å². The number of nitrogens with zero attached hydrogens (tertiary/aromatic N) is 5.